The van der Waals surface area contributed by atoms with Gasteiger partial charge in [-0.05, 0) is 37.5 Å². The Balaban J connectivity index is 1.68. The van der Waals surface area contributed by atoms with Gasteiger partial charge in [-0.15, -0.1) is 0 Å². The molecule has 0 aromatic rings. The van der Waals surface area contributed by atoms with Crippen molar-refractivity contribution in [3.05, 3.63) is 0 Å². The van der Waals surface area contributed by atoms with Crippen molar-refractivity contribution in [3.63, 3.8) is 0 Å². The molecule has 2 heteroatoms. The smallest absolute Gasteiger partial charge is 0.0708 e. The first-order valence-electron chi connectivity index (χ1n) is 7.44. The maximum Gasteiger partial charge on any atom is 0.0708 e. The minimum atomic E-state index is 0.298. The number of ether oxygens (including phenoxy) is 1. The minimum Gasteiger partial charge on any atom is -0.370 e. The molecular weight excluding hydrogens is 210 g/mol. The van der Waals surface area contributed by atoms with Crippen LogP contribution >= 0.6 is 0 Å². The van der Waals surface area contributed by atoms with E-state index in [-0.39, 0.29) is 0 Å². The molecule has 2 rings (SSSR count). The fraction of sp³-hybridized carbons (Fsp3) is 1.00. The van der Waals surface area contributed by atoms with Crippen LogP contribution in [-0.4, -0.2) is 24.8 Å². The van der Waals surface area contributed by atoms with Gasteiger partial charge >= 0.3 is 0 Å². The van der Waals surface area contributed by atoms with Crippen LogP contribution in [0.1, 0.15) is 65.7 Å². The van der Waals surface area contributed by atoms with E-state index in [1.165, 1.54) is 44.9 Å². The SMILES string of the molecule is CCC(C)(C)CNCC1CCC2(CCCC2)O1. The Morgan fingerprint density at radius 2 is 1.94 bits per heavy atom. The number of nitrogens with one attached hydrogen (secondary N) is 1. The second-order valence-corrected chi connectivity index (χ2v) is 6.82. The summed E-state index contributed by atoms with van der Waals surface area (Å²) in [5.74, 6) is 0. The Morgan fingerprint density at radius 3 is 2.59 bits per heavy atom. The summed E-state index contributed by atoms with van der Waals surface area (Å²) in [6.45, 7) is 9.07. The van der Waals surface area contributed by atoms with Crippen LogP contribution in [0.25, 0.3) is 0 Å². The second kappa shape index (κ2) is 5.27. The van der Waals surface area contributed by atoms with Crippen molar-refractivity contribution >= 4 is 0 Å². The maximum atomic E-state index is 6.30. The highest BCUT2D eigenvalue weighted by Gasteiger charge is 2.41. The molecule has 2 nitrogen and oxygen atoms in total. The van der Waals surface area contributed by atoms with E-state index in [9.17, 15) is 0 Å². The summed E-state index contributed by atoms with van der Waals surface area (Å²) < 4.78 is 6.30. The Bertz CT molecular complexity index is 243. The topological polar surface area (TPSA) is 21.3 Å². The predicted molar refractivity (Wildman–Crippen MR) is 72.2 cm³/mol. The molecule has 0 aromatic heterocycles. The number of hydrogen-bond donors (Lipinski definition) is 1. The summed E-state index contributed by atoms with van der Waals surface area (Å²) in [6, 6.07) is 0. The monoisotopic (exact) mass is 239 g/mol. The van der Waals surface area contributed by atoms with Gasteiger partial charge in [-0.3, -0.25) is 0 Å². The Hall–Kier alpha value is -0.0800. The largest absolute Gasteiger partial charge is 0.370 e. The van der Waals surface area contributed by atoms with Crippen LogP contribution in [0.2, 0.25) is 0 Å². The van der Waals surface area contributed by atoms with E-state index in [2.05, 4.69) is 26.1 Å². The van der Waals surface area contributed by atoms with Crippen molar-refractivity contribution in [2.24, 2.45) is 5.41 Å². The van der Waals surface area contributed by atoms with E-state index in [4.69, 9.17) is 4.74 Å². The van der Waals surface area contributed by atoms with E-state index < -0.39 is 0 Å². The first-order valence-corrected chi connectivity index (χ1v) is 7.44. The van der Waals surface area contributed by atoms with Gasteiger partial charge in [0.2, 0.25) is 0 Å². The normalized spacial score (nSPS) is 28.1. The molecule has 1 aliphatic heterocycles. The Labute approximate surface area is 107 Å². The molecule has 1 saturated heterocycles. The molecule has 2 fully saturated rings. The van der Waals surface area contributed by atoms with Crippen LogP contribution in [0.15, 0.2) is 0 Å². The standard InChI is InChI=1S/C15H29NO/c1-4-14(2,3)12-16-11-13-7-10-15(17-13)8-5-6-9-15/h13,16H,4-12H2,1-3H3. The molecule has 1 heterocycles. The third kappa shape index (κ3) is 3.45. The van der Waals surface area contributed by atoms with E-state index in [1.54, 1.807) is 0 Å². The quantitative estimate of drug-likeness (QED) is 0.793. The van der Waals surface area contributed by atoms with Crippen LogP contribution in [-0.2, 0) is 4.74 Å². The summed E-state index contributed by atoms with van der Waals surface area (Å²) in [5, 5.41) is 3.60. The Morgan fingerprint density at radius 1 is 1.24 bits per heavy atom. The maximum absolute atomic E-state index is 6.30. The van der Waals surface area contributed by atoms with Gasteiger partial charge in [0.25, 0.3) is 0 Å². The van der Waals surface area contributed by atoms with Crippen molar-refractivity contribution in [2.75, 3.05) is 13.1 Å². The van der Waals surface area contributed by atoms with Gasteiger partial charge in [-0.1, -0.05) is 33.6 Å². The van der Waals surface area contributed by atoms with Crippen LogP contribution in [0.5, 0.6) is 0 Å². The molecule has 1 N–H and O–H groups in total. The van der Waals surface area contributed by atoms with Gasteiger partial charge in [0.1, 0.15) is 0 Å². The van der Waals surface area contributed by atoms with E-state index in [0.717, 1.165) is 13.1 Å². The zero-order valence-electron chi connectivity index (χ0n) is 11.8. The minimum absolute atomic E-state index is 0.298. The highest BCUT2D eigenvalue weighted by molar-refractivity contribution is 4.93. The van der Waals surface area contributed by atoms with Gasteiger partial charge in [0, 0.05) is 13.1 Å². The lowest BCUT2D eigenvalue weighted by Gasteiger charge is -2.26. The van der Waals surface area contributed by atoms with Crippen LogP contribution in [0.3, 0.4) is 0 Å². The average molecular weight is 239 g/mol. The third-order valence-corrected chi connectivity index (χ3v) is 4.79. The molecule has 0 bridgehead atoms. The average Bonchev–Trinajstić information content (AvgIpc) is 2.90. The lowest BCUT2D eigenvalue weighted by atomic mass is 9.90. The van der Waals surface area contributed by atoms with Crippen LogP contribution < -0.4 is 5.32 Å². The number of hydrogen-bond acceptors (Lipinski definition) is 2. The number of rotatable bonds is 5. The summed E-state index contributed by atoms with van der Waals surface area (Å²) in [5.41, 5.74) is 0.719. The molecule has 100 valence electrons. The molecule has 0 aromatic carbocycles. The lowest BCUT2D eigenvalue weighted by molar-refractivity contribution is -0.0356. The molecule has 0 radical (unpaired) electrons. The summed E-state index contributed by atoms with van der Waals surface area (Å²) in [6.07, 6.45) is 9.65. The molecule has 2 aliphatic rings. The van der Waals surface area contributed by atoms with Gasteiger partial charge in [0.05, 0.1) is 11.7 Å². The van der Waals surface area contributed by atoms with Crippen LogP contribution in [0, 0.1) is 5.41 Å². The third-order valence-electron chi connectivity index (χ3n) is 4.79. The van der Waals surface area contributed by atoms with Crippen LogP contribution in [0.4, 0.5) is 0 Å². The second-order valence-electron chi connectivity index (χ2n) is 6.82. The molecule has 1 atom stereocenters. The van der Waals surface area contributed by atoms with Gasteiger partial charge in [-0.2, -0.15) is 0 Å². The fourth-order valence-corrected chi connectivity index (χ4v) is 3.12. The lowest BCUT2D eigenvalue weighted by Crippen LogP contribution is -2.35. The van der Waals surface area contributed by atoms with Crippen molar-refractivity contribution in [1.29, 1.82) is 0 Å². The van der Waals surface area contributed by atoms with Gasteiger partial charge in [-0.25, -0.2) is 0 Å². The van der Waals surface area contributed by atoms with E-state index >= 15 is 0 Å². The first-order chi connectivity index (χ1) is 8.05. The summed E-state index contributed by atoms with van der Waals surface area (Å²) in [4.78, 5) is 0. The zero-order chi connectivity index (χ0) is 12.4. The van der Waals surface area contributed by atoms with Gasteiger partial charge in [0.15, 0.2) is 0 Å². The van der Waals surface area contributed by atoms with Crippen molar-refractivity contribution in [1.82, 2.24) is 5.32 Å². The predicted octanol–water partition coefficient (Wildman–Crippen LogP) is 3.50. The van der Waals surface area contributed by atoms with Crippen molar-refractivity contribution in [3.8, 4) is 0 Å². The molecule has 0 amide bonds. The summed E-state index contributed by atoms with van der Waals surface area (Å²) >= 11 is 0. The van der Waals surface area contributed by atoms with E-state index in [0.29, 0.717) is 17.1 Å². The molecule has 17 heavy (non-hydrogen) atoms. The highest BCUT2D eigenvalue weighted by Crippen LogP contribution is 2.43. The molecular formula is C15H29NO. The van der Waals surface area contributed by atoms with Crippen molar-refractivity contribution in [2.45, 2.75) is 77.4 Å². The van der Waals surface area contributed by atoms with E-state index in [1.807, 2.05) is 0 Å². The fourth-order valence-electron chi connectivity index (χ4n) is 3.12. The molecule has 1 unspecified atom stereocenters. The molecule has 1 spiro atoms. The molecule has 1 aliphatic carbocycles. The zero-order valence-corrected chi connectivity index (χ0v) is 11.8. The summed E-state index contributed by atoms with van der Waals surface area (Å²) in [7, 11) is 0. The van der Waals surface area contributed by atoms with Crippen molar-refractivity contribution < 1.29 is 4.74 Å². The Kier molecular flexibility index (Phi) is 4.14. The highest BCUT2D eigenvalue weighted by atomic mass is 16.5. The molecule has 1 saturated carbocycles. The van der Waals surface area contributed by atoms with Gasteiger partial charge < -0.3 is 10.1 Å². The first kappa shape index (κ1) is 13.4.